The molecule has 7 nitrogen and oxygen atoms in total. The number of hydrogen-bond donors (Lipinski definition) is 2. The number of halogens is 4. The maximum Gasteiger partial charge on any atom is 0.433 e. The van der Waals surface area contributed by atoms with Crippen molar-refractivity contribution >= 4 is 23.5 Å². The highest BCUT2D eigenvalue weighted by molar-refractivity contribution is 6.32. The number of anilines is 1. The molecule has 0 atom stereocenters. The average Bonchev–Trinajstić information content (AvgIpc) is 2.93. The molecule has 0 bridgehead atoms. The summed E-state index contributed by atoms with van der Waals surface area (Å²) in [6, 6.07) is 16.1. The van der Waals surface area contributed by atoms with Crippen LogP contribution < -0.4 is 5.32 Å². The van der Waals surface area contributed by atoms with Gasteiger partial charge in [0.1, 0.15) is 11.4 Å². The van der Waals surface area contributed by atoms with Crippen molar-refractivity contribution in [2.24, 2.45) is 0 Å². The van der Waals surface area contributed by atoms with Crippen molar-refractivity contribution in [1.29, 1.82) is 0 Å². The molecule has 208 valence electrons. The first-order valence-electron chi connectivity index (χ1n) is 12.5. The van der Waals surface area contributed by atoms with Crippen LogP contribution in [0.4, 0.5) is 19.1 Å². The number of hydrogen-bond acceptors (Lipinski definition) is 6. The van der Waals surface area contributed by atoms with Crippen molar-refractivity contribution in [3.63, 3.8) is 0 Å². The Balaban J connectivity index is 1.45. The zero-order valence-electron chi connectivity index (χ0n) is 21.8. The minimum Gasteiger partial charge on any atom is -0.506 e. The van der Waals surface area contributed by atoms with E-state index < -0.39 is 17.8 Å². The molecule has 2 aromatic carbocycles. The molecule has 1 amide bonds. The van der Waals surface area contributed by atoms with E-state index in [4.69, 9.17) is 11.6 Å². The van der Waals surface area contributed by atoms with E-state index in [0.717, 1.165) is 35.0 Å². The predicted molar refractivity (Wildman–Crippen MR) is 147 cm³/mol. The highest BCUT2D eigenvalue weighted by atomic mass is 35.5. The van der Waals surface area contributed by atoms with Gasteiger partial charge in [-0.1, -0.05) is 35.9 Å². The summed E-state index contributed by atoms with van der Waals surface area (Å²) in [6.07, 6.45) is -1.31. The molecule has 0 saturated heterocycles. The fourth-order valence-corrected chi connectivity index (χ4v) is 4.20. The zero-order chi connectivity index (χ0) is 28.9. The summed E-state index contributed by atoms with van der Waals surface area (Å²) in [5.74, 6) is 0.0701. The highest BCUT2D eigenvalue weighted by Crippen LogP contribution is 2.28. The van der Waals surface area contributed by atoms with Gasteiger partial charge < -0.3 is 15.3 Å². The summed E-state index contributed by atoms with van der Waals surface area (Å²) in [5, 5.41) is 13.1. The standard InChI is InChI=1S/C29H27ClF3N5O2/c1-18(2)38(27(40)22-7-9-26(36-16-22)29(31,32)33)17-20-4-3-5-21(14-20)24-11-13-35-28(37-24)34-12-10-19-6-8-25(39)23(30)15-19/h3-9,11,13-16,18,39H,10,12,17H2,1-2H3,(H,34,35,37). The van der Waals surface area contributed by atoms with E-state index in [1.807, 2.05) is 38.1 Å². The van der Waals surface area contributed by atoms with Crippen LogP contribution in [-0.2, 0) is 19.1 Å². The van der Waals surface area contributed by atoms with Gasteiger partial charge in [0, 0.05) is 37.1 Å². The molecule has 2 aromatic heterocycles. The van der Waals surface area contributed by atoms with Crippen molar-refractivity contribution in [3.05, 3.63) is 100 Å². The highest BCUT2D eigenvalue weighted by Gasteiger charge is 2.32. The maximum absolute atomic E-state index is 13.1. The zero-order valence-corrected chi connectivity index (χ0v) is 22.5. The van der Waals surface area contributed by atoms with Gasteiger partial charge in [-0.2, -0.15) is 13.2 Å². The van der Waals surface area contributed by atoms with Crippen molar-refractivity contribution in [3.8, 4) is 17.0 Å². The lowest BCUT2D eigenvalue weighted by atomic mass is 10.1. The Hall–Kier alpha value is -4.18. The largest absolute Gasteiger partial charge is 0.506 e. The van der Waals surface area contributed by atoms with E-state index in [1.165, 1.54) is 0 Å². The third kappa shape index (κ3) is 7.26. The maximum atomic E-state index is 13.1. The fourth-order valence-electron chi connectivity index (χ4n) is 4.00. The van der Waals surface area contributed by atoms with Gasteiger partial charge in [-0.3, -0.25) is 9.78 Å². The molecule has 0 aliphatic carbocycles. The number of pyridine rings is 1. The number of alkyl halides is 3. The number of amides is 1. The third-order valence-electron chi connectivity index (χ3n) is 6.13. The number of carbonyl (C=O) groups excluding carboxylic acids is 1. The van der Waals surface area contributed by atoms with E-state index in [1.54, 1.807) is 35.4 Å². The van der Waals surface area contributed by atoms with Gasteiger partial charge in [-0.15, -0.1) is 0 Å². The molecule has 0 aliphatic heterocycles. The van der Waals surface area contributed by atoms with Crippen LogP contribution in [-0.4, -0.2) is 43.5 Å². The van der Waals surface area contributed by atoms with E-state index in [9.17, 15) is 23.1 Å². The van der Waals surface area contributed by atoms with Gasteiger partial charge >= 0.3 is 6.18 Å². The Bertz CT molecular complexity index is 1480. The van der Waals surface area contributed by atoms with Crippen LogP contribution in [0.5, 0.6) is 5.75 Å². The minimum absolute atomic E-state index is 0.0362. The van der Waals surface area contributed by atoms with Crippen LogP contribution in [0.25, 0.3) is 11.3 Å². The molecule has 40 heavy (non-hydrogen) atoms. The summed E-state index contributed by atoms with van der Waals surface area (Å²) < 4.78 is 38.6. The Labute approximate surface area is 234 Å². The molecule has 4 aromatic rings. The monoisotopic (exact) mass is 569 g/mol. The quantitative estimate of drug-likeness (QED) is 0.235. The van der Waals surface area contributed by atoms with Gasteiger partial charge in [0.2, 0.25) is 5.95 Å². The first kappa shape index (κ1) is 28.8. The van der Waals surface area contributed by atoms with Gasteiger partial charge in [-0.05, 0) is 67.8 Å². The van der Waals surface area contributed by atoms with Crippen molar-refractivity contribution < 1.29 is 23.1 Å². The molecule has 2 N–H and O–H groups in total. The van der Waals surface area contributed by atoms with Gasteiger partial charge in [0.25, 0.3) is 5.91 Å². The normalized spacial score (nSPS) is 11.5. The lowest BCUT2D eigenvalue weighted by Crippen LogP contribution is -2.36. The molecular weight excluding hydrogens is 543 g/mol. The van der Waals surface area contributed by atoms with Crippen LogP contribution in [0.1, 0.15) is 41.0 Å². The van der Waals surface area contributed by atoms with Crippen LogP contribution in [0.3, 0.4) is 0 Å². The minimum atomic E-state index is -4.57. The molecule has 11 heteroatoms. The summed E-state index contributed by atoms with van der Waals surface area (Å²) in [7, 11) is 0. The molecule has 0 radical (unpaired) electrons. The van der Waals surface area contributed by atoms with Crippen LogP contribution in [0.2, 0.25) is 5.02 Å². The molecular formula is C29H27ClF3N5O2. The molecule has 2 heterocycles. The van der Waals surface area contributed by atoms with Crippen molar-refractivity contribution in [2.45, 2.75) is 39.0 Å². The number of nitrogens with zero attached hydrogens (tertiary/aromatic N) is 4. The van der Waals surface area contributed by atoms with Crippen molar-refractivity contribution in [2.75, 3.05) is 11.9 Å². The van der Waals surface area contributed by atoms with Crippen LogP contribution in [0, 0.1) is 0 Å². The number of carbonyl (C=O) groups is 1. The number of rotatable bonds is 9. The lowest BCUT2D eigenvalue weighted by molar-refractivity contribution is -0.141. The topological polar surface area (TPSA) is 91.2 Å². The molecule has 4 rings (SSSR count). The Kier molecular flexibility index (Phi) is 8.89. The Morgan fingerprint density at radius 2 is 1.85 bits per heavy atom. The molecule has 0 aliphatic rings. The molecule has 0 spiro atoms. The van der Waals surface area contributed by atoms with Crippen LogP contribution in [0.15, 0.2) is 73.1 Å². The van der Waals surface area contributed by atoms with Crippen LogP contribution >= 0.6 is 11.6 Å². The lowest BCUT2D eigenvalue weighted by Gasteiger charge is -2.27. The third-order valence-corrected chi connectivity index (χ3v) is 6.43. The van der Waals surface area contributed by atoms with Gasteiger partial charge in [-0.25, -0.2) is 9.97 Å². The average molecular weight is 570 g/mol. The number of nitrogens with one attached hydrogen (secondary N) is 1. The fraction of sp³-hybridized carbons (Fsp3) is 0.241. The van der Waals surface area contributed by atoms with E-state index in [-0.39, 0.29) is 23.9 Å². The summed E-state index contributed by atoms with van der Waals surface area (Å²) in [4.78, 5) is 27.0. The second-order valence-corrected chi connectivity index (χ2v) is 9.79. The number of phenolic OH excluding ortho intramolecular Hbond substituents is 1. The second kappa shape index (κ2) is 12.3. The Morgan fingerprint density at radius 3 is 2.52 bits per heavy atom. The second-order valence-electron chi connectivity index (χ2n) is 9.39. The van der Waals surface area contributed by atoms with Gasteiger partial charge in [0.05, 0.1) is 16.3 Å². The Morgan fingerprint density at radius 1 is 1.05 bits per heavy atom. The number of aromatic hydroxyl groups is 1. The first-order valence-corrected chi connectivity index (χ1v) is 12.9. The molecule has 0 unspecified atom stereocenters. The van der Waals surface area contributed by atoms with E-state index >= 15 is 0 Å². The SMILES string of the molecule is CC(C)N(Cc1cccc(-c2ccnc(NCCc3ccc(O)c(Cl)c3)n2)c1)C(=O)c1ccc(C(F)(F)F)nc1. The van der Waals surface area contributed by atoms with E-state index in [2.05, 4.69) is 20.3 Å². The summed E-state index contributed by atoms with van der Waals surface area (Å²) in [5.41, 5.74) is 2.32. The van der Waals surface area contributed by atoms with Crippen molar-refractivity contribution in [1.82, 2.24) is 19.9 Å². The molecule has 0 saturated carbocycles. The number of aromatic nitrogens is 3. The summed E-state index contributed by atoms with van der Waals surface area (Å²) in [6.45, 7) is 4.48. The predicted octanol–water partition coefficient (Wildman–Crippen LogP) is 6.62. The van der Waals surface area contributed by atoms with E-state index in [0.29, 0.717) is 29.6 Å². The molecule has 0 fully saturated rings. The number of phenols is 1. The first-order chi connectivity index (χ1) is 19.0. The smallest absolute Gasteiger partial charge is 0.433 e. The summed E-state index contributed by atoms with van der Waals surface area (Å²) >= 11 is 5.97. The number of benzene rings is 2. The van der Waals surface area contributed by atoms with Gasteiger partial charge in [0.15, 0.2) is 0 Å².